The van der Waals surface area contributed by atoms with Gasteiger partial charge in [0.2, 0.25) is 0 Å². The van der Waals surface area contributed by atoms with Crippen LogP contribution in [0, 0.1) is 6.92 Å². The molecule has 190 valence electrons. The molecule has 4 rings (SSSR count). The van der Waals surface area contributed by atoms with Crippen LogP contribution in [0.15, 0.2) is 113 Å². The van der Waals surface area contributed by atoms with Crippen LogP contribution in [0.25, 0.3) is 0 Å². The molecule has 0 fully saturated rings. The fourth-order valence-corrected chi connectivity index (χ4v) is 5.46. The minimum atomic E-state index is -4.17. The van der Waals surface area contributed by atoms with Crippen molar-refractivity contribution in [3.8, 4) is 11.5 Å². The molecule has 0 atom stereocenters. The van der Waals surface area contributed by atoms with Crippen molar-refractivity contribution < 1.29 is 30.0 Å². The van der Waals surface area contributed by atoms with Gasteiger partial charge >= 0.3 is 26.3 Å². The smallest absolute Gasteiger partial charge is 0.339 e. The van der Waals surface area contributed by atoms with Gasteiger partial charge in [0.15, 0.2) is 11.5 Å². The molecule has 4 aromatic rings. The van der Waals surface area contributed by atoms with Gasteiger partial charge < -0.3 is 19.0 Å². The number of hydrogen-bond acceptors (Lipinski definition) is 7. The fraction of sp³-hybridized carbons (Fsp3) is 0.0385. The molecule has 2 N–H and O–H groups in total. The van der Waals surface area contributed by atoms with Gasteiger partial charge in [-0.15, -0.1) is 0 Å². The second kappa shape index (κ2) is 10.7. The van der Waals surface area contributed by atoms with Gasteiger partial charge in [0, 0.05) is 0 Å². The van der Waals surface area contributed by atoms with Gasteiger partial charge in [0.1, 0.15) is 9.79 Å². The zero-order chi connectivity index (χ0) is 26.5. The maximum absolute atomic E-state index is 12.8. The molecule has 9 nitrogen and oxygen atoms in total. The van der Waals surface area contributed by atoms with Gasteiger partial charge in [-0.05, 0) is 55.0 Å². The van der Waals surface area contributed by atoms with Gasteiger partial charge in [0.05, 0.1) is 11.4 Å². The summed E-state index contributed by atoms with van der Waals surface area (Å²) in [6.45, 7) is 1.64. The Morgan fingerprint density at radius 1 is 0.595 bits per heavy atom. The number of rotatable bonds is 8. The van der Waals surface area contributed by atoms with E-state index in [1.54, 1.807) is 67.6 Å². The SMILES string of the molecule is Cc1ccccc1S(=O)(=O)Oc1ccccc1NC(=O)Nc1ccccc1OS(=O)(=O)c1ccccc1. The van der Waals surface area contributed by atoms with Crippen LogP contribution >= 0.6 is 0 Å². The number of aryl methyl sites for hydroxylation is 1. The first-order valence-electron chi connectivity index (χ1n) is 10.9. The van der Waals surface area contributed by atoms with Gasteiger partial charge in [-0.1, -0.05) is 60.7 Å². The highest BCUT2D eigenvalue weighted by Crippen LogP contribution is 2.30. The van der Waals surface area contributed by atoms with Gasteiger partial charge in [-0.25, -0.2) is 4.79 Å². The number of amides is 2. The minimum absolute atomic E-state index is 0.0000406. The highest BCUT2D eigenvalue weighted by atomic mass is 32.2. The van der Waals surface area contributed by atoms with E-state index in [2.05, 4.69) is 10.6 Å². The second-order valence-electron chi connectivity index (χ2n) is 7.72. The standard InChI is InChI=1S/C26H22N2O7S2/c1-19-11-5-10-18-25(19)37(32,33)35-24-17-9-7-15-22(24)28-26(29)27-21-14-6-8-16-23(21)34-36(30,31)20-12-3-2-4-13-20/h2-18H,1H3,(H2,27,28,29). The van der Waals surface area contributed by atoms with Crippen LogP contribution in [0.5, 0.6) is 11.5 Å². The average molecular weight is 539 g/mol. The summed E-state index contributed by atoms with van der Waals surface area (Å²) in [6, 6.07) is 25.2. The Hall–Kier alpha value is -4.35. The van der Waals surface area contributed by atoms with E-state index in [1.807, 2.05) is 0 Å². The molecular weight excluding hydrogens is 516 g/mol. The van der Waals surface area contributed by atoms with Crippen molar-refractivity contribution in [3.63, 3.8) is 0 Å². The predicted octanol–water partition coefficient (Wildman–Crippen LogP) is 5.17. The van der Waals surface area contributed by atoms with E-state index in [-0.39, 0.29) is 32.7 Å². The molecule has 0 aromatic heterocycles. The molecule has 0 aliphatic rings. The summed E-state index contributed by atoms with van der Waals surface area (Å²) in [7, 11) is -8.32. The number of urea groups is 1. The summed E-state index contributed by atoms with van der Waals surface area (Å²) in [4.78, 5) is 12.7. The van der Waals surface area contributed by atoms with Crippen molar-refractivity contribution in [3.05, 3.63) is 109 Å². The lowest BCUT2D eigenvalue weighted by molar-refractivity contribution is 0.262. The van der Waals surface area contributed by atoms with Crippen molar-refractivity contribution in [1.82, 2.24) is 0 Å². The van der Waals surface area contributed by atoms with Crippen molar-refractivity contribution in [2.24, 2.45) is 0 Å². The first kappa shape index (κ1) is 25.7. The molecule has 4 aromatic carbocycles. The Balaban J connectivity index is 1.52. The first-order chi connectivity index (χ1) is 17.7. The van der Waals surface area contributed by atoms with E-state index in [0.29, 0.717) is 5.56 Å². The Morgan fingerprint density at radius 3 is 1.62 bits per heavy atom. The Labute approximate surface area is 214 Å². The topological polar surface area (TPSA) is 128 Å². The van der Waals surface area contributed by atoms with E-state index in [1.165, 1.54) is 42.5 Å². The predicted molar refractivity (Wildman–Crippen MR) is 139 cm³/mol. The number of para-hydroxylation sites is 4. The van der Waals surface area contributed by atoms with E-state index in [4.69, 9.17) is 8.37 Å². The van der Waals surface area contributed by atoms with E-state index in [0.717, 1.165) is 0 Å². The third kappa shape index (κ3) is 6.26. The first-order valence-corrected chi connectivity index (χ1v) is 13.7. The Morgan fingerprint density at radius 2 is 1.05 bits per heavy atom. The van der Waals surface area contributed by atoms with Crippen LogP contribution in [-0.2, 0) is 20.2 Å². The lowest BCUT2D eigenvalue weighted by Crippen LogP contribution is -2.21. The summed E-state index contributed by atoms with van der Waals surface area (Å²) in [5, 5.41) is 5.04. The molecule has 0 unspecified atom stereocenters. The largest absolute Gasteiger partial charge is 0.377 e. The summed E-state index contributed by atoms with van der Waals surface area (Å²) in [5.41, 5.74) is 0.658. The molecule has 0 saturated heterocycles. The lowest BCUT2D eigenvalue weighted by Gasteiger charge is -2.15. The van der Waals surface area contributed by atoms with E-state index < -0.39 is 26.3 Å². The fourth-order valence-electron chi connectivity index (χ4n) is 3.31. The molecular formula is C26H22N2O7S2. The molecule has 37 heavy (non-hydrogen) atoms. The summed E-state index contributed by atoms with van der Waals surface area (Å²) < 4.78 is 61.5. The molecule has 0 saturated carbocycles. The second-order valence-corrected chi connectivity index (χ2v) is 10.8. The highest BCUT2D eigenvalue weighted by Gasteiger charge is 2.22. The lowest BCUT2D eigenvalue weighted by atomic mass is 10.2. The number of carbonyl (C=O) groups excluding carboxylic acids is 1. The van der Waals surface area contributed by atoms with Crippen molar-refractivity contribution >= 4 is 37.6 Å². The Kier molecular flexibility index (Phi) is 7.46. The highest BCUT2D eigenvalue weighted by molar-refractivity contribution is 7.87. The number of nitrogens with one attached hydrogen (secondary N) is 2. The molecule has 0 aliphatic heterocycles. The van der Waals surface area contributed by atoms with Crippen molar-refractivity contribution in [2.45, 2.75) is 16.7 Å². The molecule has 0 bridgehead atoms. The van der Waals surface area contributed by atoms with Crippen LogP contribution in [0.1, 0.15) is 5.56 Å². The van der Waals surface area contributed by atoms with Crippen LogP contribution < -0.4 is 19.0 Å². The molecule has 11 heteroatoms. The number of benzene rings is 4. The van der Waals surface area contributed by atoms with Gasteiger partial charge in [-0.2, -0.15) is 16.8 Å². The maximum Gasteiger partial charge on any atom is 0.339 e. The van der Waals surface area contributed by atoms with Crippen LogP contribution in [-0.4, -0.2) is 22.9 Å². The van der Waals surface area contributed by atoms with Crippen LogP contribution in [0.4, 0.5) is 16.2 Å². The number of anilines is 2. The van der Waals surface area contributed by atoms with E-state index >= 15 is 0 Å². The average Bonchev–Trinajstić information content (AvgIpc) is 2.87. The monoisotopic (exact) mass is 538 g/mol. The summed E-state index contributed by atoms with van der Waals surface area (Å²) in [5.74, 6) is -0.203. The molecule has 0 spiro atoms. The summed E-state index contributed by atoms with van der Waals surface area (Å²) >= 11 is 0. The molecule has 0 aliphatic carbocycles. The van der Waals surface area contributed by atoms with Gasteiger partial charge in [0.25, 0.3) is 0 Å². The third-order valence-corrected chi connectivity index (χ3v) is 7.71. The summed E-state index contributed by atoms with van der Waals surface area (Å²) in [6.07, 6.45) is 0. The van der Waals surface area contributed by atoms with E-state index in [9.17, 15) is 21.6 Å². The molecule has 0 heterocycles. The molecule has 2 amide bonds. The number of hydrogen-bond donors (Lipinski definition) is 2. The Bertz CT molecular complexity index is 1640. The van der Waals surface area contributed by atoms with Gasteiger partial charge in [-0.3, -0.25) is 0 Å². The zero-order valence-electron chi connectivity index (χ0n) is 19.5. The third-order valence-electron chi connectivity index (χ3n) is 5.06. The molecule has 0 radical (unpaired) electrons. The van der Waals surface area contributed by atoms with Crippen molar-refractivity contribution in [2.75, 3.05) is 10.6 Å². The zero-order valence-corrected chi connectivity index (χ0v) is 21.1. The minimum Gasteiger partial charge on any atom is -0.377 e. The van der Waals surface area contributed by atoms with Crippen molar-refractivity contribution in [1.29, 1.82) is 0 Å². The quantitative estimate of drug-likeness (QED) is 0.296. The van der Waals surface area contributed by atoms with Crippen LogP contribution in [0.3, 0.4) is 0 Å². The maximum atomic E-state index is 12.8. The van der Waals surface area contributed by atoms with Crippen LogP contribution in [0.2, 0.25) is 0 Å². The number of carbonyl (C=O) groups is 1. The normalized spacial score (nSPS) is 11.4.